The summed E-state index contributed by atoms with van der Waals surface area (Å²) in [4.78, 5) is 37.9. The monoisotopic (exact) mass is 574 g/mol. The molecule has 1 amide bonds. The number of carbonyl (C=O) groups excluding carboxylic acids is 1. The Morgan fingerprint density at radius 2 is 1.79 bits per heavy atom. The normalized spacial score (nSPS) is 12.0. The van der Waals surface area contributed by atoms with E-state index in [2.05, 4.69) is 15.3 Å². The van der Waals surface area contributed by atoms with Crippen LogP contribution in [-0.2, 0) is 14.6 Å². The summed E-state index contributed by atoms with van der Waals surface area (Å²) in [5, 5.41) is 37.2. The lowest BCUT2D eigenvalue weighted by Gasteiger charge is -2.18. The number of rotatable bonds is 8. The van der Waals surface area contributed by atoms with Gasteiger partial charge >= 0.3 is 7.60 Å². The molecule has 0 unspecified atom stereocenters. The number of hydrogen-bond donors (Lipinski definition) is 9. The van der Waals surface area contributed by atoms with Crippen molar-refractivity contribution in [2.75, 3.05) is 12.7 Å². The van der Waals surface area contributed by atoms with Gasteiger partial charge in [-0.25, -0.2) is 18.5 Å². The van der Waals surface area contributed by atoms with Crippen molar-refractivity contribution in [1.29, 1.82) is 5.41 Å². The number of fused-ring (bicyclic) bond motifs is 1. The molecule has 0 atom stereocenters. The van der Waals surface area contributed by atoms with Gasteiger partial charge in [0.1, 0.15) is 28.1 Å². The van der Waals surface area contributed by atoms with Crippen molar-refractivity contribution in [2.45, 2.75) is 4.90 Å². The van der Waals surface area contributed by atoms with Gasteiger partial charge in [-0.2, -0.15) is 0 Å². The molecule has 0 fully saturated rings. The number of phenols is 2. The number of aromatic hydroxyl groups is 2. The molecular formula is C23H23N6O8PS. The highest BCUT2D eigenvalue weighted by atomic mass is 32.2. The second-order valence-electron chi connectivity index (χ2n) is 8.46. The van der Waals surface area contributed by atoms with E-state index in [1.165, 1.54) is 30.3 Å². The van der Waals surface area contributed by atoms with Gasteiger partial charge in [0.25, 0.3) is 5.91 Å². The van der Waals surface area contributed by atoms with Crippen LogP contribution in [0.15, 0.2) is 53.4 Å². The Morgan fingerprint density at radius 1 is 1.10 bits per heavy atom. The molecule has 0 bridgehead atoms. The molecule has 0 aliphatic rings. The summed E-state index contributed by atoms with van der Waals surface area (Å²) in [5.74, 6) is -2.40. The number of aromatic amines is 1. The molecule has 0 saturated heterocycles. The van der Waals surface area contributed by atoms with Crippen LogP contribution in [0.1, 0.15) is 15.9 Å². The summed E-state index contributed by atoms with van der Waals surface area (Å²) >= 11 is 0. The third-order valence-electron chi connectivity index (χ3n) is 5.69. The molecule has 0 spiro atoms. The zero-order chi connectivity index (χ0) is 28.7. The SMILES string of the molecule is N=C(N)c1ccc2nc(-c3cc(C(=O)NCCP(=O)(O)O)c(S(N)(=O)=O)c(-c4ccccc4O)c3O)[nH]c2c1. The molecule has 0 saturated carbocycles. The van der Waals surface area contributed by atoms with E-state index in [1.807, 2.05) is 0 Å². The van der Waals surface area contributed by atoms with Crippen molar-refractivity contribution in [3.8, 4) is 34.0 Å². The summed E-state index contributed by atoms with van der Waals surface area (Å²) in [6, 6.07) is 11.1. The number of sulfonamides is 1. The molecule has 14 nitrogen and oxygen atoms in total. The number of phenolic OH excluding ortho intramolecular Hbond substituents is 2. The van der Waals surface area contributed by atoms with Crippen LogP contribution in [0.4, 0.5) is 0 Å². The van der Waals surface area contributed by atoms with E-state index in [1.54, 1.807) is 12.1 Å². The fourth-order valence-corrected chi connectivity index (χ4v) is 5.30. The van der Waals surface area contributed by atoms with E-state index in [4.69, 9.17) is 26.1 Å². The van der Waals surface area contributed by atoms with Crippen molar-refractivity contribution < 1.29 is 37.8 Å². The summed E-state index contributed by atoms with van der Waals surface area (Å²) in [6.45, 7) is -0.506. The van der Waals surface area contributed by atoms with Crippen molar-refractivity contribution >= 4 is 40.4 Å². The van der Waals surface area contributed by atoms with Gasteiger partial charge in [-0.3, -0.25) is 14.8 Å². The number of aromatic nitrogens is 2. The second kappa shape index (κ2) is 10.1. The van der Waals surface area contributed by atoms with Crippen molar-refractivity contribution in [3.05, 3.63) is 59.7 Å². The smallest absolute Gasteiger partial charge is 0.327 e. The number of nitrogen functional groups attached to an aromatic ring is 1. The number of benzene rings is 3. The van der Waals surface area contributed by atoms with Gasteiger partial charge in [-0.15, -0.1) is 0 Å². The van der Waals surface area contributed by atoms with Crippen molar-refractivity contribution in [1.82, 2.24) is 15.3 Å². The van der Waals surface area contributed by atoms with E-state index < -0.39 is 63.8 Å². The van der Waals surface area contributed by atoms with Gasteiger partial charge in [-0.1, -0.05) is 18.2 Å². The molecule has 4 rings (SSSR count). The molecule has 0 aliphatic heterocycles. The van der Waals surface area contributed by atoms with Crippen LogP contribution in [0.5, 0.6) is 11.5 Å². The highest BCUT2D eigenvalue weighted by Crippen LogP contribution is 2.46. The minimum atomic E-state index is -4.74. The quantitative estimate of drug-likeness (QED) is 0.0822. The maximum absolute atomic E-state index is 13.2. The van der Waals surface area contributed by atoms with Crippen LogP contribution < -0.4 is 16.2 Å². The van der Waals surface area contributed by atoms with Gasteiger partial charge < -0.3 is 36.0 Å². The summed E-state index contributed by atoms with van der Waals surface area (Å²) in [7, 11) is -9.23. The topological polar surface area (TPSA) is 266 Å². The van der Waals surface area contributed by atoms with Gasteiger partial charge in [-0.05, 0) is 30.3 Å². The molecule has 11 N–H and O–H groups in total. The van der Waals surface area contributed by atoms with Crippen LogP contribution in [-0.4, -0.2) is 62.8 Å². The van der Waals surface area contributed by atoms with Crippen LogP contribution in [0.2, 0.25) is 0 Å². The average Bonchev–Trinajstić information content (AvgIpc) is 3.26. The number of primary sulfonamides is 1. The molecular weight excluding hydrogens is 551 g/mol. The van der Waals surface area contributed by atoms with Gasteiger partial charge in [0.2, 0.25) is 10.0 Å². The van der Waals surface area contributed by atoms with Gasteiger partial charge in [0, 0.05) is 23.2 Å². The average molecular weight is 575 g/mol. The number of para-hydroxylation sites is 1. The molecule has 3 aromatic carbocycles. The summed E-state index contributed by atoms with van der Waals surface area (Å²) < 4.78 is 36.7. The third kappa shape index (κ3) is 5.77. The maximum Gasteiger partial charge on any atom is 0.327 e. The molecule has 1 aromatic heterocycles. The zero-order valence-corrected chi connectivity index (χ0v) is 21.6. The maximum atomic E-state index is 13.2. The Labute approximate surface area is 221 Å². The number of nitrogens with two attached hydrogens (primary N) is 2. The summed E-state index contributed by atoms with van der Waals surface area (Å²) in [6.07, 6.45) is -0.719. The fraction of sp³-hybridized carbons (Fsp3) is 0.0870. The molecule has 204 valence electrons. The Kier molecular flexibility index (Phi) is 7.21. The predicted octanol–water partition coefficient (Wildman–Crippen LogP) is 1.15. The predicted molar refractivity (Wildman–Crippen MR) is 142 cm³/mol. The van der Waals surface area contributed by atoms with Crippen LogP contribution in [0.25, 0.3) is 33.5 Å². The largest absolute Gasteiger partial charge is 0.507 e. The zero-order valence-electron chi connectivity index (χ0n) is 19.9. The summed E-state index contributed by atoms with van der Waals surface area (Å²) in [5.41, 5.74) is 5.35. The highest BCUT2D eigenvalue weighted by Gasteiger charge is 2.31. The number of nitrogens with zero attached hydrogens (tertiary/aromatic N) is 1. The number of amidine groups is 1. The Balaban J connectivity index is 2.02. The van der Waals surface area contributed by atoms with Crippen molar-refractivity contribution in [3.63, 3.8) is 0 Å². The highest BCUT2D eigenvalue weighted by molar-refractivity contribution is 7.89. The molecule has 4 aromatic rings. The minimum Gasteiger partial charge on any atom is -0.507 e. The third-order valence-corrected chi connectivity index (χ3v) is 7.49. The first-order valence-corrected chi connectivity index (χ1v) is 14.4. The van der Waals surface area contributed by atoms with Gasteiger partial charge in [0.05, 0.1) is 28.3 Å². The molecule has 16 heteroatoms. The standard InChI is InChI=1S/C23H23N6O8PS/c24-21(25)11-5-6-15-16(9-11)29-22(28-15)13-10-14(23(32)27-7-8-38(33,34)35)20(39(26,36)37)18(19(13)31)12-3-1-2-4-17(12)30/h1-6,9-10,30-31H,7-8H2,(H3,24,25)(H,27,32)(H,28,29)(H2,26,36,37)(H2,33,34,35). The van der Waals surface area contributed by atoms with E-state index >= 15 is 0 Å². The lowest BCUT2D eigenvalue weighted by Crippen LogP contribution is -2.29. The molecule has 39 heavy (non-hydrogen) atoms. The lowest BCUT2D eigenvalue weighted by molar-refractivity contribution is 0.0952. The Morgan fingerprint density at radius 3 is 2.41 bits per heavy atom. The second-order valence-corrected chi connectivity index (χ2v) is 11.7. The molecule has 1 heterocycles. The first-order valence-electron chi connectivity index (χ1n) is 11.1. The number of hydrogen-bond acceptors (Lipinski definition) is 8. The number of imidazole rings is 1. The number of nitrogens with one attached hydrogen (secondary N) is 3. The molecule has 0 aliphatic carbocycles. The van der Waals surface area contributed by atoms with E-state index in [-0.39, 0.29) is 22.8 Å². The first kappa shape index (κ1) is 27.8. The minimum absolute atomic E-state index is 0.00916. The van der Waals surface area contributed by atoms with Gasteiger partial charge in [0.15, 0.2) is 0 Å². The molecule has 0 radical (unpaired) electrons. The lowest BCUT2D eigenvalue weighted by atomic mass is 9.96. The van der Waals surface area contributed by atoms with Crippen LogP contribution in [0.3, 0.4) is 0 Å². The van der Waals surface area contributed by atoms with E-state index in [0.717, 1.165) is 6.07 Å². The van der Waals surface area contributed by atoms with Crippen LogP contribution in [0, 0.1) is 5.41 Å². The van der Waals surface area contributed by atoms with Crippen molar-refractivity contribution in [2.24, 2.45) is 10.9 Å². The Hall–Kier alpha value is -4.27. The number of H-pyrrole nitrogens is 1. The fourth-order valence-electron chi connectivity index (χ4n) is 3.95. The first-order chi connectivity index (χ1) is 18.2. The number of amides is 1. The van der Waals surface area contributed by atoms with E-state index in [0.29, 0.717) is 16.6 Å². The Bertz CT molecular complexity index is 1800. The van der Waals surface area contributed by atoms with E-state index in [9.17, 15) is 28.0 Å². The number of carbonyl (C=O) groups is 1. The van der Waals surface area contributed by atoms with Crippen LogP contribution >= 0.6 is 7.60 Å².